The Hall–Kier alpha value is -2.59. The third-order valence-electron chi connectivity index (χ3n) is 5.18. The summed E-state index contributed by atoms with van der Waals surface area (Å²) in [5.74, 6) is 0.332. The van der Waals surface area contributed by atoms with Gasteiger partial charge in [-0.05, 0) is 72.9 Å². The summed E-state index contributed by atoms with van der Waals surface area (Å²) in [7, 11) is 0. The van der Waals surface area contributed by atoms with Crippen molar-refractivity contribution in [2.24, 2.45) is 5.16 Å². The molecule has 0 aliphatic carbocycles. The van der Waals surface area contributed by atoms with Gasteiger partial charge in [-0.3, -0.25) is 0 Å². The van der Waals surface area contributed by atoms with Gasteiger partial charge in [0.25, 0.3) is 0 Å². The van der Waals surface area contributed by atoms with E-state index in [9.17, 15) is 10.3 Å². The van der Waals surface area contributed by atoms with Gasteiger partial charge in [-0.2, -0.15) is 0 Å². The molecule has 0 aliphatic heterocycles. The Morgan fingerprint density at radius 1 is 0.929 bits per heavy atom. The molecular formula is C24H24BrNO2. The van der Waals surface area contributed by atoms with Crippen LogP contribution in [0.3, 0.4) is 0 Å². The van der Waals surface area contributed by atoms with Crippen LogP contribution in [0.2, 0.25) is 0 Å². The maximum Gasteiger partial charge on any atom is 0.121 e. The lowest BCUT2D eigenvalue weighted by atomic mass is 9.83. The molecule has 0 amide bonds. The highest BCUT2D eigenvalue weighted by atomic mass is 79.9. The van der Waals surface area contributed by atoms with E-state index >= 15 is 0 Å². The van der Waals surface area contributed by atoms with E-state index in [1.807, 2.05) is 50.2 Å². The molecule has 0 bridgehead atoms. The van der Waals surface area contributed by atoms with Crippen molar-refractivity contribution in [2.75, 3.05) is 0 Å². The minimum atomic E-state index is 0.0506. The molecule has 1 atom stereocenters. The maximum atomic E-state index is 10.1. The molecule has 3 aromatic rings. The van der Waals surface area contributed by atoms with Crippen LogP contribution in [0, 0.1) is 20.8 Å². The second-order valence-electron chi connectivity index (χ2n) is 7.17. The third kappa shape index (κ3) is 4.28. The minimum Gasteiger partial charge on any atom is -0.507 e. The fraction of sp³-hybridized carbons (Fsp3) is 0.208. The van der Waals surface area contributed by atoms with Gasteiger partial charge in [-0.25, -0.2) is 0 Å². The van der Waals surface area contributed by atoms with Crippen LogP contribution in [-0.4, -0.2) is 16.0 Å². The molecule has 1 unspecified atom stereocenters. The third-order valence-corrected chi connectivity index (χ3v) is 5.71. The molecule has 28 heavy (non-hydrogen) atoms. The van der Waals surface area contributed by atoms with Crippen molar-refractivity contribution in [1.29, 1.82) is 0 Å². The van der Waals surface area contributed by atoms with Crippen LogP contribution in [0.15, 0.2) is 70.3 Å². The topological polar surface area (TPSA) is 52.8 Å². The second kappa shape index (κ2) is 8.61. The standard InChI is InChI=1S/C24H24BrNO2/c1-15-6-4-5-7-21(15)22(18-8-10-20(25)11-9-18)14-23(26-28)19-12-16(2)24(27)17(3)13-19/h4-13,22,27-28H,14H2,1-3H3/b26-23+. The Kier molecular flexibility index (Phi) is 6.20. The van der Waals surface area contributed by atoms with Gasteiger partial charge in [0.05, 0.1) is 5.71 Å². The zero-order valence-electron chi connectivity index (χ0n) is 16.3. The van der Waals surface area contributed by atoms with Crippen LogP contribution in [0.1, 0.15) is 45.7 Å². The van der Waals surface area contributed by atoms with Crippen LogP contribution in [0.25, 0.3) is 0 Å². The Morgan fingerprint density at radius 3 is 2.11 bits per heavy atom. The molecule has 0 aliphatic rings. The van der Waals surface area contributed by atoms with E-state index in [1.54, 1.807) is 0 Å². The van der Waals surface area contributed by atoms with Gasteiger partial charge in [-0.1, -0.05) is 57.5 Å². The molecule has 3 nitrogen and oxygen atoms in total. The lowest BCUT2D eigenvalue weighted by Gasteiger charge is -2.21. The predicted molar refractivity (Wildman–Crippen MR) is 118 cm³/mol. The van der Waals surface area contributed by atoms with Crippen LogP contribution in [0.5, 0.6) is 5.75 Å². The molecule has 0 saturated carbocycles. The summed E-state index contributed by atoms with van der Waals surface area (Å²) in [5.41, 5.74) is 6.53. The van der Waals surface area contributed by atoms with E-state index in [1.165, 1.54) is 11.1 Å². The van der Waals surface area contributed by atoms with E-state index in [4.69, 9.17) is 0 Å². The molecular weight excluding hydrogens is 414 g/mol. The molecule has 4 heteroatoms. The fourth-order valence-corrected chi connectivity index (χ4v) is 3.88. The average molecular weight is 438 g/mol. The van der Waals surface area contributed by atoms with Crippen LogP contribution < -0.4 is 0 Å². The van der Waals surface area contributed by atoms with Crippen molar-refractivity contribution in [2.45, 2.75) is 33.1 Å². The summed E-state index contributed by atoms with van der Waals surface area (Å²) >= 11 is 3.50. The van der Waals surface area contributed by atoms with Gasteiger partial charge in [0.2, 0.25) is 0 Å². The molecule has 3 aromatic carbocycles. The Balaban J connectivity index is 2.06. The van der Waals surface area contributed by atoms with Gasteiger partial charge in [0, 0.05) is 22.4 Å². The number of phenolic OH excluding ortho intramolecular Hbond substituents is 1. The smallest absolute Gasteiger partial charge is 0.121 e. The van der Waals surface area contributed by atoms with Gasteiger partial charge in [0.15, 0.2) is 0 Å². The summed E-state index contributed by atoms with van der Waals surface area (Å²) in [5, 5.41) is 23.5. The Labute approximate surface area is 174 Å². The van der Waals surface area contributed by atoms with Gasteiger partial charge in [-0.15, -0.1) is 0 Å². The summed E-state index contributed by atoms with van der Waals surface area (Å²) in [4.78, 5) is 0. The number of aryl methyl sites for hydroxylation is 3. The molecule has 144 valence electrons. The van der Waals surface area contributed by atoms with Crippen molar-refractivity contribution >= 4 is 21.6 Å². The molecule has 3 rings (SSSR count). The van der Waals surface area contributed by atoms with Crippen molar-refractivity contribution < 1.29 is 10.3 Å². The molecule has 0 radical (unpaired) electrons. The predicted octanol–water partition coefficient (Wildman–Crippen LogP) is 6.48. The van der Waals surface area contributed by atoms with Crippen molar-refractivity contribution in [3.63, 3.8) is 0 Å². The first-order valence-corrected chi connectivity index (χ1v) is 10.0. The van der Waals surface area contributed by atoms with Crippen LogP contribution in [0.4, 0.5) is 0 Å². The number of halogens is 1. The number of aromatic hydroxyl groups is 1. The van der Waals surface area contributed by atoms with Gasteiger partial charge >= 0.3 is 0 Å². The zero-order chi connectivity index (χ0) is 20.3. The van der Waals surface area contributed by atoms with Gasteiger partial charge in [0.1, 0.15) is 5.75 Å². The normalized spacial score (nSPS) is 12.8. The lowest BCUT2D eigenvalue weighted by molar-refractivity contribution is 0.317. The molecule has 0 spiro atoms. The zero-order valence-corrected chi connectivity index (χ0v) is 17.9. The van der Waals surface area contributed by atoms with E-state index < -0.39 is 0 Å². The fourth-order valence-electron chi connectivity index (χ4n) is 3.61. The first-order chi connectivity index (χ1) is 13.4. The minimum absolute atomic E-state index is 0.0506. The van der Waals surface area contributed by atoms with E-state index in [0.717, 1.165) is 26.7 Å². The quantitative estimate of drug-likeness (QED) is 0.272. The van der Waals surface area contributed by atoms with E-state index in [2.05, 4.69) is 52.3 Å². The van der Waals surface area contributed by atoms with Crippen molar-refractivity contribution in [3.8, 4) is 5.75 Å². The maximum absolute atomic E-state index is 10.1. The summed E-state index contributed by atoms with van der Waals surface area (Å²) < 4.78 is 1.03. The molecule has 0 aromatic heterocycles. The summed E-state index contributed by atoms with van der Waals surface area (Å²) in [6, 6.07) is 20.3. The monoisotopic (exact) mass is 437 g/mol. The molecule has 0 fully saturated rings. The second-order valence-corrected chi connectivity index (χ2v) is 8.09. The average Bonchev–Trinajstić information content (AvgIpc) is 2.68. The lowest BCUT2D eigenvalue weighted by Crippen LogP contribution is -2.12. The Morgan fingerprint density at radius 2 is 1.54 bits per heavy atom. The van der Waals surface area contributed by atoms with Crippen LogP contribution >= 0.6 is 15.9 Å². The number of rotatable bonds is 5. The highest BCUT2D eigenvalue weighted by molar-refractivity contribution is 9.10. The first-order valence-electron chi connectivity index (χ1n) is 9.23. The van der Waals surface area contributed by atoms with Crippen LogP contribution in [-0.2, 0) is 0 Å². The van der Waals surface area contributed by atoms with Gasteiger partial charge < -0.3 is 10.3 Å². The number of oxime groups is 1. The van der Waals surface area contributed by atoms with Crippen molar-refractivity contribution in [3.05, 3.63) is 98.5 Å². The van der Waals surface area contributed by atoms with Crippen molar-refractivity contribution in [1.82, 2.24) is 0 Å². The molecule has 2 N–H and O–H groups in total. The molecule has 0 heterocycles. The molecule has 0 saturated heterocycles. The highest BCUT2D eigenvalue weighted by Gasteiger charge is 2.21. The van der Waals surface area contributed by atoms with E-state index in [-0.39, 0.29) is 11.7 Å². The number of phenols is 1. The number of hydrogen-bond acceptors (Lipinski definition) is 3. The number of benzene rings is 3. The number of hydrogen-bond donors (Lipinski definition) is 2. The Bertz CT molecular complexity index is 986. The largest absolute Gasteiger partial charge is 0.507 e. The SMILES string of the molecule is Cc1ccccc1C(C/C(=N\O)c1cc(C)c(O)c(C)c1)c1ccc(Br)cc1. The summed E-state index contributed by atoms with van der Waals surface area (Å²) in [6.45, 7) is 5.81. The summed E-state index contributed by atoms with van der Waals surface area (Å²) in [6.07, 6.45) is 0.548. The number of nitrogens with zero attached hydrogens (tertiary/aromatic N) is 1. The highest BCUT2D eigenvalue weighted by Crippen LogP contribution is 2.33. The van der Waals surface area contributed by atoms with E-state index in [0.29, 0.717) is 12.1 Å². The first kappa shape index (κ1) is 20.2.